The van der Waals surface area contributed by atoms with Gasteiger partial charge in [-0.1, -0.05) is 30.3 Å². The van der Waals surface area contributed by atoms with Crippen LogP contribution in [0.4, 0.5) is 0 Å². The van der Waals surface area contributed by atoms with Crippen molar-refractivity contribution in [3.8, 4) is 0 Å². The number of nitrogens with zero attached hydrogens (tertiary/aromatic N) is 2. The molecule has 0 spiro atoms. The second-order valence-electron chi connectivity index (χ2n) is 4.51. The van der Waals surface area contributed by atoms with Gasteiger partial charge in [-0.25, -0.2) is 4.79 Å². The molecule has 1 aromatic carbocycles. The summed E-state index contributed by atoms with van der Waals surface area (Å²) in [6.45, 7) is 4.14. The highest BCUT2D eigenvalue weighted by atomic mass is 16.2. The molecule has 94 valence electrons. The van der Waals surface area contributed by atoms with Crippen molar-refractivity contribution in [3.63, 3.8) is 0 Å². The predicted octanol–water partition coefficient (Wildman–Crippen LogP) is 1.64. The van der Waals surface area contributed by atoms with Crippen LogP contribution in [0.1, 0.15) is 25.5 Å². The molecule has 0 saturated heterocycles. The second-order valence-corrected chi connectivity index (χ2v) is 4.51. The Morgan fingerprint density at radius 3 is 2.33 bits per heavy atom. The van der Waals surface area contributed by atoms with E-state index < -0.39 is 0 Å². The third kappa shape index (κ3) is 2.42. The zero-order valence-corrected chi connectivity index (χ0v) is 10.5. The minimum Gasteiger partial charge on any atom is -0.296 e. The van der Waals surface area contributed by atoms with Crippen LogP contribution < -0.4 is 11.2 Å². The average molecular weight is 244 g/mol. The molecule has 4 nitrogen and oxygen atoms in total. The Bertz CT molecular complexity index is 639. The number of benzene rings is 1. The lowest BCUT2D eigenvalue weighted by molar-refractivity contribution is 0.512. The summed E-state index contributed by atoms with van der Waals surface area (Å²) in [5.41, 5.74) is 0.522. The molecule has 0 aliphatic heterocycles. The van der Waals surface area contributed by atoms with Gasteiger partial charge >= 0.3 is 5.69 Å². The number of aromatic nitrogens is 2. The normalized spacial score (nSPS) is 10.8. The summed E-state index contributed by atoms with van der Waals surface area (Å²) in [7, 11) is 0. The standard InChI is InChI=1S/C14H16N2O2/c1-11(2)16-13(17)8-9-15(14(16)18)10-12-6-4-3-5-7-12/h3-9,11H,10H2,1-2H3. The van der Waals surface area contributed by atoms with Gasteiger partial charge in [0, 0.05) is 18.3 Å². The molecular weight excluding hydrogens is 228 g/mol. The van der Waals surface area contributed by atoms with E-state index in [-0.39, 0.29) is 17.3 Å². The van der Waals surface area contributed by atoms with Crippen LogP contribution in [-0.2, 0) is 6.54 Å². The molecule has 2 rings (SSSR count). The van der Waals surface area contributed by atoms with Crippen LogP contribution >= 0.6 is 0 Å². The van der Waals surface area contributed by atoms with Crippen molar-refractivity contribution < 1.29 is 0 Å². The van der Waals surface area contributed by atoms with Gasteiger partial charge in [0.05, 0.1) is 6.54 Å². The molecule has 0 aliphatic rings. The van der Waals surface area contributed by atoms with E-state index in [9.17, 15) is 9.59 Å². The van der Waals surface area contributed by atoms with E-state index in [0.29, 0.717) is 6.54 Å². The highest BCUT2D eigenvalue weighted by molar-refractivity contribution is 5.15. The smallest absolute Gasteiger partial charge is 0.296 e. The predicted molar refractivity (Wildman–Crippen MR) is 70.9 cm³/mol. The van der Waals surface area contributed by atoms with Gasteiger partial charge in [-0.15, -0.1) is 0 Å². The zero-order chi connectivity index (χ0) is 13.1. The first kappa shape index (κ1) is 12.4. The van der Waals surface area contributed by atoms with Gasteiger partial charge in [0.15, 0.2) is 0 Å². The maximum atomic E-state index is 12.2. The van der Waals surface area contributed by atoms with Crippen LogP contribution in [0.15, 0.2) is 52.2 Å². The van der Waals surface area contributed by atoms with E-state index in [4.69, 9.17) is 0 Å². The summed E-state index contributed by atoms with van der Waals surface area (Å²) in [6.07, 6.45) is 1.55. The van der Waals surface area contributed by atoms with Crippen LogP contribution in [0.25, 0.3) is 0 Å². The molecule has 0 unspecified atom stereocenters. The first-order chi connectivity index (χ1) is 8.59. The Morgan fingerprint density at radius 1 is 1.06 bits per heavy atom. The van der Waals surface area contributed by atoms with E-state index in [2.05, 4.69) is 0 Å². The highest BCUT2D eigenvalue weighted by Gasteiger charge is 2.08. The monoisotopic (exact) mass is 244 g/mol. The molecule has 18 heavy (non-hydrogen) atoms. The van der Waals surface area contributed by atoms with Gasteiger partial charge in [-0.2, -0.15) is 0 Å². The average Bonchev–Trinajstić information content (AvgIpc) is 2.34. The maximum absolute atomic E-state index is 12.2. The van der Waals surface area contributed by atoms with Crippen molar-refractivity contribution in [1.82, 2.24) is 9.13 Å². The third-order valence-corrected chi connectivity index (χ3v) is 2.80. The van der Waals surface area contributed by atoms with Crippen LogP contribution in [0, 0.1) is 0 Å². The highest BCUT2D eigenvalue weighted by Crippen LogP contribution is 2.00. The summed E-state index contributed by atoms with van der Waals surface area (Å²) in [5, 5.41) is 0. The SMILES string of the molecule is CC(C)n1c(=O)ccn(Cc2ccccc2)c1=O. The Kier molecular flexibility index (Phi) is 3.46. The van der Waals surface area contributed by atoms with Gasteiger partial charge in [0.2, 0.25) is 0 Å². The quantitative estimate of drug-likeness (QED) is 0.823. The lowest BCUT2D eigenvalue weighted by Crippen LogP contribution is -2.40. The molecule has 0 atom stereocenters. The van der Waals surface area contributed by atoms with Gasteiger partial charge in [-0.05, 0) is 19.4 Å². The van der Waals surface area contributed by atoms with Crippen molar-refractivity contribution in [2.24, 2.45) is 0 Å². The van der Waals surface area contributed by atoms with E-state index in [1.165, 1.54) is 10.6 Å². The van der Waals surface area contributed by atoms with Crippen LogP contribution in [0.3, 0.4) is 0 Å². The van der Waals surface area contributed by atoms with Crippen molar-refractivity contribution in [2.45, 2.75) is 26.4 Å². The lowest BCUT2D eigenvalue weighted by Gasteiger charge is -2.12. The van der Waals surface area contributed by atoms with E-state index in [0.717, 1.165) is 5.56 Å². The first-order valence-electron chi connectivity index (χ1n) is 5.95. The maximum Gasteiger partial charge on any atom is 0.331 e. The summed E-state index contributed by atoms with van der Waals surface area (Å²) >= 11 is 0. The summed E-state index contributed by atoms with van der Waals surface area (Å²) in [5.74, 6) is 0. The number of hydrogen-bond donors (Lipinski definition) is 0. The molecule has 1 heterocycles. The molecule has 0 N–H and O–H groups in total. The molecule has 2 aromatic rings. The molecule has 0 amide bonds. The fourth-order valence-electron chi connectivity index (χ4n) is 1.91. The molecule has 0 radical (unpaired) electrons. The molecule has 4 heteroatoms. The Morgan fingerprint density at radius 2 is 1.72 bits per heavy atom. The lowest BCUT2D eigenvalue weighted by atomic mass is 10.2. The minimum atomic E-state index is -0.263. The number of hydrogen-bond acceptors (Lipinski definition) is 2. The van der Waals surface area contributed by atoms with E-state index in [1.54, 1.807) is 10.8 Å². The van der Waals surface area contributed by atoms with Crippen LogP contribution in [0.2, 0.25) is 0 Å². The topological polar surface area (TPSA) is 44.0 Å². The molecule has 0 saturated carbocycles. The second kappa shape index (κ2) is 5.04. The number of rotatable bonds is 3. The van der Waals surface area contributed by atoms with Crippen LogP contribution in [0.5, 0.6) is 0 Å². The largest absolute Gasteiger partial charge is 0.331 e. The molecule has 0 bridgehead atoms. The van der Waals surface area contributed by atoms with E-state index in [1.807, 2.05) is 44.2 Å². The Hall–Kier alpha value is -2.10. The molecule has 0 aliphatic carbocycles. The Labute approximate surface area is 105 Å². The van der Waals surface area contributed by atoms with Gasteiger partial charge in [0.25, 0.3) is 5.56 Å². The minimum absolute atomic E-state index is 0.131. The third-order valence-electron chi connectivity index (χ3n) is 2.80. The molecule has 0 fully saturated rings. The Balaban J connectivity index is 2.45. The van der Waals surface area contributed by atoms with Crippen molar-refractivity contribution in [1.29, 1.82) is 0 Å². The molecule has 1 aromatic heterocycles. The van der Waals surface area contributed by atoms with Gasteiger partial charge < -0.3 is 0 Å². The zero-order valence-electron chi connectivity index (χ0n) is 10.5. The van der Waals surface area contributed by atoms with Crippen molar-refractivity contribution >= 4 is 0 Å². The van der Waals surface area contributed by atoms with Gasteiger partial charge in [0.1, 0.15) is 0 Å². The van der Waals surface area contributed by atoms with Crippen molar-refractivity contribution in [3.05, 3.63) is 69.0 Å². The molecular formula is C14H16N2O2. The summed E-state index contributed by atoms with van der Waals surface area (Å²) < 4.78 is 2.82. The summed E-state index contributed by atoms with van der Waals surface area (Å²) in [4.78, 5) is 23.8. The first-order valence-corrected chi connectivity index (χ1v) is 5.95. The van der Waals surface area contributed by atoms with E-state index >= 15 is 0 Å². The fraction of sp³-hybridized carbons (Fsp3) is 0.286. The van der Waals surface area contributed by atoms with Crippen LogP contribution in [-0.4, -0.2) is 9.13 Å². The van der Waals surface area contributed by atoms with Gasteiger partial charge in [-0.3, -0.25) is 13.9 Å². The summed E-state index contributed by atoms with van der Waals surface area (Å²) in [6, 6.07) is 11.0. The fourth-order valence-corrected chi connectivity index (χ4v) is 1.91. The van der Waals surface area contributed by atoms with Crippen molar-refractivity contribution in [2.75, 3.05) is 0 Å².